The number of hydrogen-bond acceptors (Lipinski definition) is 2. The predicted octanol–water partition coefficient (Wildman–Crippen LogP) is 3.03. The van der Waals surface area contributed by atoms with Gasteiger partial charge in [-0.05, 0) is 31.7 Å². The maximum atomic E-state index is 13.7. The number of carbonyl (C=O) groups is 1. The maximum absolute atomic E-state index is 13.7. The third-order valence-electron chi connectivity index (χ3n) is 4.55. The summed E-state index contributed by atoms with van der Waals surface area (Å²) in [7, 11) is 0. The Morgan fingerprint density at radius 2 is 2.10 bits per heavy atom. The standard InChI is InChI=1S/C16H19F2NO2/c17-13-3-2-12(14(18)10-13)11-19-8-7-16(5-1-9-21-16)6-4-15(19)20/h2-3,10H,1,4-9,11H2/t16-/m1/s1. The molecule has 1 spiro atoms. The summed E-state index contributed by atoms with van der Waals surface area (Å²) in [6.07, 6.45) is 4.01. The monoisotopic (exact) mass is 295 g/mol. The summed E-state index contributed by atoms with van der Waals surface area (Å²) < 4.78 is 32.5. The van der Waals surface area contributed by atoms with Crippen molar-refractivity contribution in [2.75, 3.05) is 13.2 Å². The number of ether oxygens (including phenoxy) is 1. The van der Waals surface area contributed by atoms with Crippen molar-refractivity contribution in [2.24, 2.45) is 0 Å². The third kappa shape index (κ3) is 3.07. The fraction of sp³-hybridized carbons (Fsp3) is 0.562. The lowest BCUT2D eigenvalue weighted by Gasteiger charge is -2.26. The van der Waals surface area contributed by atoms with E-state index < -0.39 is 11.6 Å². The molecular weight excluding hydrogens is 276 g/mol. The molecule has 1 amide bonds. The van der Waals surface area contributed by atoms with E-state index in [1.165, 1.54) is 12.1 Å². The van der Waals surface area contributed by atoms with Gasteiger partial charge in [0.25, 0.3) is 0 Å². The van der Waals surface area contributed by atoms with Crippen LogP contribution in [0.4, 0.5) is 8.78 Å². The summed E-state index contributed by atoms with van der Waals surface area (Å²) in [6, 6.07) is 3.49. The Labute approximate surface area is 122 Å². The van der Waals surface area contributed by atoms with Gasteiger partial charge in [-0.25, -0.2) is 8.78 Å². The molecule has 3 rings (SSSR count). The van der Waals surface area contributed by atoms with Gasteiger partial charge in [0.15, 0.2) is 0 Å². The van der Waals surface area contributed by atoms with Crippen molar-refractivity contribution in [3.05, 3.63) is 35.4 Å². The molecule has 5 heteroatoms. The minimum Gasteiger partial charge on any atom is -0.375 e. The largest absolute Gasteiger partial charge is 0.375 e. The molecular formula is C16H19F2NO2. The number of rotatable bonds is 2. The van der Waals surface area contributed by atoms with Gasteiger partial charge in [-0.1, -0.05) is 6.07 Å². The minimum absolute atomic E-state index is 0.0195. The fourth-order valence-corrected chi connectivity index (χ4v) is 3.25. The highest BCUT2D eigenvalue weighted by molar-refractivity contribution is 5.76. The lowest BCUT2D eigenvalue weighted by molar-refractivity contribution is -0.131. The molecule has 0 bridgehead atoms. The first-order valence-electron chi connectivity index (χ1n) is 7.44. The third-order valence-corrected chi connectivity index (χ3v) is 4.55. The van der Waals surface area contributed by atoms with Gasteiger partial charge in [-0.3, -0.25) is 4.79 Å². The molecule has 0 N–H and O–H groups in total. The first-order chi connectivity index (χ1) is 10.1. The molecule has 1 aromatic carbocycles. The molecule has 1 aromatic rings. The van der Waals surface area contributed by atoms with Crippen molar-refractivity contribution in [3.63, 3.8) is 0 Å². The van der Waals surface area contributed by atoms with Crippen molar-refractivity contribution in [3.8, 4) is 0 Å². The number of hydrogen-bond donors (Lipinski definition) is 0. The minimum atomic E-state index is -0.600. The number of halogens is 2. The van der Waals surface area contributed by atoms with Crippen LogP contribution in [0, 0.1) is 11.6 Å². The number of carbonyl (C=O) groups excluding carboxylic acids is 1. The van der Waals surface area contributed by atoms with E-state index in [4.69, 9.17) is 4.74 Å². The molecule has 2 aliphatic heterocycles. The van der Waals surface area contributed by atoms with Crippen LogP contribution in [0.1, 0.15) is 37.7 Å². The van der Waals surface area contributed by atoms with E-state index in [2.05, 4.69) is 0 Å². The van der Waals surface area contributed by atoms with Gasteiger partial charge in [0.2, 0.25) is 5.91 Å². The topological polar surface area (TPSA) is 29.5 Å². The Morgan fingerprint density at radius 3 is 2.81 bits per heavy atom. The second kappa shape index (κ2) is 5.72. The van der Waals surface area contributed by atoms with Gasteiger partial charge in [-0.2, -0.15) is 0 Å². The molecule has 0 saturated carbocycles. The molecule has 0 aliphatic carbocycles. The van der Waals surface area contributed by atoms with Gasteiger partial charge < -0.3 is 9.64 Å². The van der Waals surface area contributed by atoms with Crippen molar-refractivity contribution in [1.82, 2.24) is 4.90 Å². The van der Waals surface area contributed by atoms with Gasteiger partial charge in [0.1, 0.15) is 11.6 Å². The highest BCUT2D eigenvalue weighted by Crippen LogP contribution is 2.36. The lowest BCUT2D eigenvalue weighted by Crippen LogP contribution is -2.32. The molecule has 2 heterocycles. The molecule has 2 fully saturated rings. The smallest absolute Gasteiger partial charge is 0.222 e. The van der Waals surface area contributed by atoms with E-state index in [-0.39, 0.29) is 18.1 Å². The summed E-state index contributed by atoms with van der Waals surface area (Å²) in [6.45, 7) is 1.53. The Hall–Kier alpha value is -1.49. The van der Waals surface area contributed by atoms with Crippen LogP contribution >= 0.6 is 0 Å². The van der Waals surface area contributed by atoms with E-state index in [1.54, 1.807) is 4.90 Å². The summed E-state index contributed by atoms with van der Waals surface area (Å²) >= 11 is 0. The van der Waals surface area contributed by atoms with Crippen LogP contribution in [0.25, 0.3) is 0 Å². The molecule has 114 valence electrons. The second-order valence-electron chi connectivity index (χ2n) is 5.94. The zero-order valence-electron chi connectivity index (χ0n) is 11.9. The number of likely N-dealkylation sites (tertiary alicyclic amines) is 1. The first kappa shape index (κ1) is 14.4. The predicted molar refractivity (Wildman–Crippen MR) is 73.5 cm³/mol. The van der Waals surface area contributed by atoms with Gasteiger partial charge >= 0.3 is 0 Å². The number of benzene rings is 1. The Bertz CT molecular complexity index is 541. The first-order valence-corrected chi connectivity index (χ1v) is 7.44. The molecule has 1 atom stereocenters. The van der Waals surface area contributed by atoms with Crippen molar-refractivity contribution in [1.29, 1.82) is 0 Å². The molecule has 3 nitrogen and oxygen atoms in total. The van der Waals surface area contributed by atoms with Crippen LogP contribution < -0.4 is 0 Å². The van der Waals surface area contributed by atoms with Crippen LogP contribution in [0.2, 0.25) is 0 Å². The van der Waals surface area contributed by atoms with Crippen LogP contribution in [0.5, 0.6) is 0 Å². The van der Waals surface area contributed by atoms with E-state index >= 15 is 0 Å². The highest BCUT2D eigenvalue weighted by Gasteiger charge is 2.38. The van der Waals surface area contributed by atoms with Gasteiger partial charge in [0.05, 0.1) is 5.60 Å². The molecule has 2 aliphatic rings. The Morgan fingerprint density at radius 1 is 1.24 bits per heavy atom. The summed E-state index contributed by atoms with van der Waals surface area (Å²) in [5.74, 6) is -1.18. The van der Waals surface area contributed by atoms with E-state index in [0.717, 1.165) is 38.4 Å². The normalized spacial score (nSPS) is 26.4. The average Bonchev–Trinajstić information content (AvgIpc) is 2.86. The van der Waals surface area contributed by atoms with Crippen molar-refractivity contribution >= 4 is 5.91 Å². The highest BCUT2D eigenvalue weighted by atomic mass is 19.1. The Balaban J connectivity index is 1.71. The quantitative estimate of drug-likeness (QED) is 0.839. The van der Waals surface area contributed by atoms with Crippen molar-refractivity contribution in [2.45, 2.75) is 44.2 Å². The van der Waals surface area contributed by atoms with Gasteiger partial charge in [0, 0.05) is 37.7 Å². The fourth-order valence-electron chi connectivity index (χ4n) is 3.25. The molecule has 2 saturated heterocycles. The molecule has 21 heavy (non-hydrogen) atoms. The zero-order chi connectivity index (χ0) is 14.9. The van der Waals surface area contributed by atoms with Crippen LogP contribution in [0.15, 0.2) is 18.2 Å². The Kier molecular flexibility index (Phi) is 3.93. The van der Waals surface area contributed by atoms with Gasteiger partial charge in [-0.15, -0.1) is 0 Å². The SMILES string of the molecule is O=C1CC[C@]2(CCCO2)CCN1Cc1ccc(F)cc1F. The zero-order valence-corrected chi connectivity index (χ0v) is 11.9. The van der Waals surface area contributed by atoms with Crippen LogP contribution in [-0.2, 0) is 16.1 Å². The maximum Gasteiger partial charge on any atom is 0.222 e. The van der Waals surface area contributed by atoms with Crippen LogP contribution in [0.3, 0.4) is 0 Å². The van der Waals surface area contributed by atoms with E-state index in [9.17, 15) is 13.6 Å². The summed E-state index contributed by atoms with van der Waals surface area (Å²) in [4.78, 5) is 13.9. The van der Waals surface area contributed by atoms with Crippen molar-refractivity contribution < 1.29 is 18.3 Å². The summed E-state index contributed by atoms with van der Waals surface area (Å²) in [5.41, 5.74) is 0.194. The summed E-state index contributed by atoms with van der Waals surface area (Å²) in [5, 5.41) is 0. The average molecular weight is 295 g/mol. The van der Waals surface area contributed by atoms with E-state index in [1.807, 2.05) is 0 Å². The van der Waals surface area contributed by atoms with Crippen LogP contribution in [-0.4, -0.2) is 29.6 Å². The second-order valence-corrected chi connectivity index (χ2v) is 5.94. The molecule has 0 radical (unpaired) electrons. The van der Waals surface area contributed by atoms with E-state index in [0.29, 0.717) is 18.5 Å². The molecule has 0 aromatic heterocycles. The number of nitrogens with zero attached hydrogens (tertiary/aromatic N) is 1. The lowest BCUT2D eigenvalue weighted by atomic mass is 9.92. The molecule has 0 unspecified atom stereocenters. The number of amides is 1.